The SMILES string of the molecule is Cc1noc(-c2ccc(N3C(=O)C(=O)C(C(=O)C(C)C)C3c3cccnc3OCCO)cc2)n1. The first-order valence-electron chi connectivity index (χ1n) is 10.8. The molecule has 176 valence electrons. The summed E-state index contributed by atoms with van der Waals surface area (Å²) >= 11 is 0. The summed E-state index contributed by atoms with van der Waals surface area (Å²) in [6.07, 6.45) is 1.50. The van der Waals surface area contributed by atoms with E-state index in [1.165, 1.54) is 11.1 Å². The number of benzene rings is 1. The number of aliphatic hydroxyl groups excluding tert-OH is 1. The zero-order chi connectivity index (χ0) is 24.4. The average molecular weight is 464 g/mol. The van der Waals surface area contributed by atoms with Gasteiger partial charge in [-0.15, -0.1) is 0 Å². The van der Waals surface area contributed by atoms with Crippen LogP contribution in [0.3, 0.4) is 0 Å². The van der Waals surface area contributed by atoms with Gasteiger partial charge < -0.3 is 14.4 Å². The summed E-state index contributed by atoms with van der Waals surface area (Å²) in [6.45, 7) is 4.81. The molecule has 1 amide bonds. The van der Waals surface area contributed by atoms with Crippen molar-refractivity contribution in [1.29, 1.82) is 0 Å². The third-order valence-corrected chi connectivity index (χ3v) is 5.55. The zero-order valence-electron chi connectivity index (χ0n) is 19.0. The van der Waals surface area contributed by atoms with E-state index in [0.717, 1.165) is 0 Å². The lowest BCUT2D eigenvalue weighted by Crippen LogP contribution is -2.32. The molecule has 1 saturated heterocycles. The maximum absolute atomic E-state index is 13.2. The maximum atomic E-state index is 13.2. The van der Waals surface area contributed by atoms with Crippen LogP contribution in [0.5, 0.6) is 5.88 Å². The molecule has 3 aromatic rings. The van der Waals surface area contributed by atoms with E-state index >= 15 is 0 Å². The molecule has 1 aliphatic rings. The fraction of sp³-hybridized carbons (Fsp3) is 0.333. The minimum absolute atomic E-state index is 0.0281. The number of amides is 1. The second-order valence-corrected chi connectivity index (χ2v) is 8.18. The molecule has 0 saturated carbocycles. The number of aryl methyl sites for hydroxylation is 1. The van der Waals surface area contributed by atoms with E-state index in [0.29, 0.717) is 28.5 Å². The standard InChI is InChI=1S/C24H24N4O6/c1-13(2)20(30)18-19(17-5-4-10-25-23(17)33-12-11-29)28(24(32)21(18)31)16-8-6-15(7-9-16)22-26-14(3)27-34-22/h4-10,13,18-19,29H,11-12H2,1-3H3. The number of Topliss-reactive ketones (excluding diaryl/α,β-unsaturated/α-hetero) is 2. The van der Waals surface area contributed by atoms with Gasteiger partial charge >= 0.3 is 0 Å². The highest BCUT2D eigenvalue weighted by Gasteiger charge is 2.53. The van der Waals surface area contributed by atoms with Crippen LogP contribution in [0, 0.1) is 18.8 Å². The monoisotopic (exact) mass is 464 g/mol. The zero-order valence-corrected chi connectivity index (χ0v) is 19.0. The van der Waals surface area contributed by atoms with Crippen molar-refractivity contribution in [3.05, 3.63) is 54.0 Å². The lowest BCUT2D eigenvalue weighted by molar-refractivity contribution is -0.139. The molecule has 0 radical (unpaired) electrons. The average Bonchev–Trinajstić information content (AvgIpc) is 3.38. The first kappa shape index (κ1) is 23.2. The summed E-state index contributed by atoms with van der Waals surface area (Å²) in [4.78, 5) is 49.1. The third-order valence-electron chi connectivity index (χ3n) is 5.55. The Morgan fingerprint density at radius 3 is 2.56 bits per heavy atom. The van der Waals surface area contributed by atoms with Crippen LogP contribution in [0.15, 0.2) is 47.1 Å². The summed E-state index contributed by atoms with van der Waals surface area (Å²) in [5.41, 5.74) is 1.46. The number of rotatable bonds is 8. The molecule has 1 aliphatic heterocycles. The van der Waals surface area contributed by atoms with Crippen molar-refractivity contribution in [3.63, 3.8) is 0 Å². The Morgan fingerprint density at radius 1 is 1.21 bits per heavy atom. The second-order valence-electron chi connectivity index (χ2n) is 8.18. The molecule has 10 nitrogen and oxygen atoms in total. The van der Waals surface area contributed by atoms with Gasteiger partial charge in [0, 0.05) is 28.9 Å². The molecule has 1 fully saturated rings. The predicted molar refractivity (Wildman–Crippen MR) is 120 cm³/mol. The molecule has 1 N–H and O–H groups in total. The number of ether oxygens (including phenoxy) is 1. The van der Waals surface area contributed by atoms with Crippen LogP contribution in [0.25, 0.3) is 11.5 Å². The van der Waals surface area contributed by atoms with Crippen molar-refractivity contribution < 1.29 is 28.8 Å². The molecule has 3 heterocycles. The van der Waals surface area contributed by atoms with Gasteiger partial charge in [-0.1, -0.05) is 19.0 Å². The van der Waals surface area contributed by atoms with Crippen molar-refractivity contribution in [1.82, 2.24) is 15.1 Å². The van der Waals surface area contributed by atoms with Crippen molar-refractivity contribution in [2.75, 3.05) is 18.1 Å². The molecule has 10 heteroatoms. The van der Waals surface area contributed by atoms with Gasteiger partial charge in [-0.05, 0) is 43.3 Å². The summed E-state index contributed by atoms with van der Waals surface area (Å²) < 4.78 is 10.8. The highest BCUT2D eigenvalue weighted by Crippen LogP contribution is 2.43. The van der Waals surface area contributed by atoms with Crippen LogP contribution in [0.4, 0.5) is 5.69 Å². The lowest BCUT2D eigenvalue weighted by Gasteiger charge is -2.28. The van der Waals surface area contributed by atoms with E-state index in [4.69, 9.17) is 9.26 Å². The molecule has 0 aliphatic carbocycles. The summed E-state index contributed by atoms with van der Waals surface area (Å²) in [5.74, 6) is -2.64. The van der Waals surface area contributed by atoms with Crippen molar-refractivity contribution in [2.45, 2.75) is 26.8 Å². The normalized spacial score (nSPS) is 18.1. The van der Waals surface area contributed by atoms with Crippen molar-refractivity contribution in [3.8, 4) is 17.3 Å². The van der Waals surface area contributed by atoms with E-state index in [2.05, 4.69) is 15.1 Å². The van der Waals surface area contributed by atoms with Crippen molar-refractivity contribution in [2.24, 2.45) is 11.8 Å². The van der Waals surface area contributed by atoms with Crippen LogP contribution < -0.4 is 9.64 Å². The molecular formula is C24H24N4O6. The number of carbonyl (C=O) groups is 3. The van der Waals surface area contributed by atoms with E-state index in [9.17, 15) is 19.5 Å². The Bertz CT molecular complexity index is 1220. The Morgan fingerprint density at radius 2 is 1.94 bits per heavy atom. The maximum Gasteiger partial charge on any atom is 0.295 e. The van der Waals surface area contributed by atoms with E-state index in [1.54, 1.807) is 57.2 Å². The van der Waals surface area contributed by atoms with Gasteiger partial charge in [-0.25, -0.2) is 4.98 Å². The third kappa shape index (κ3) is 4.19. The van der Waals surface area contributed by atoms with Gasteiger partial charge in [0.2, 0.25) is 11.7 Å². The number of nitrogens with zero attached hydrogens (tertiary/aromatic N) is 4. The van der Waals surface area contributed by atoms with Gasteiger partial charge in [-0.2, -0.15) is 4.98 Å². The number of hydrogen-bond donors (Lipinski definition) is 1. The number of ketones is 2. The minimum atomic E-state index is -1.22. The highest BCUT2D eigenvalue weighted by atomic mass is 16.5. The van der Waals surface area contributed by atoms with E-state index in [1.807, 2.05) is 0 Å². The number of pyridine rings is 1. The molecular weight excluding hydrogens is 440 g/mol. The second kappa shape index (κ2) is 9.52. The first-order valence-corrected chi connectivity index (χ1v) is 10.8. The summed E-state index contributed by atoms with van der Waals surface area (Å²) in [7, 11) is 0. The number of carbonyl (C=O) groups excluding carboxylic acids is 3. The van der Waals surface area contributed by atoms with Gasteiger partial charge in [0.25, 0.3) is 11.8 Å². The molecule has 1 aromatic carbocycles. The fourth-order valence-electron chi connectivity index (χ4n) is 3.98. The number of aliphatic hydroxyl groups is 1. The van der Waals surface area contributed by atoms with Crippen LogP contribution in [-0.4, -0.2) is 50.9 Å². The fourth-order valence-corrected chi connectivity index (χ4v) is 3.98. The van der Waals surface area contributed by atoms with Gasteiger partial charge in [-0.3, -0.25) is 19.3 Å². The lowest BCUT2D eigenvalue weighted by atomic mass is 9.85. The van der Waals surface area contributed by atoms with Gasteiger partial charge in [0.05, 0.1) is 12.6 Å². The summed E-state index contributed by atoms with van der Waals surface area (Å²) in [5, 5.41) is 13.0. The molecule has 2 aromatic heterocycles. The first-order chi connectivity index (χ1) is 16.3. The molecule has 0 bridgehead atoms. The summed E-state index contributed by atoms with van der Waals surface area (Å²) in [6, 6.07) is 9.06. The van der Waals surface area contributed by atoms with E-state index < -0.39 is 29.6 Å². The molecule has 0 spiro atoms. The largest absolute Gasteiger partial charge is 0.475 e. The minimum Gasteiger partial charge on any atom is -0.475 e. The Balaban J connectivity index is 1.81. The quantitative estimate of drug-likeness (QED) is 0.393. The molecule has 4 rings (SSSR count). The number of anilines is 1. The Kier molecular flexibility index (Phi) is 6.51. The molecule has 2 atom stereocenters. The molecule has 2 unspecified atom stereocenters. The van der Waals surface area contributed by atoms with Crippen LogP contribution in [0.2, 0.25) is 0 Å². The van der Waals surface area contributed by atoms with Crippen LogP contribution >= 0.6 is 0 Å². The predicted octanol–water partition coefficient (Wildman–Crippen LogP) is 2.31. The number of hydrogen-bond acceptors (Lipinski definition) is 9. The Labute approximate surface area is 195 Å². The molecule has 34 heavy (non-hydrogen) atoms. The van der Waals surface area contributed by atoms with Gasteiger partial charge in [0.1, 0.15) is 18.3 Å². The van der Waals surface area contributed by atoms with E-state index in [-0.39, 0.29) is 24.9 Å². The van der Waals surface area contributed by atoms with Crippen molar-refractivity contribution >= 4 is 23.2 Å². The topological polar surface area (TPSA) is 136 Å². The number of aromatic nitrogens is 3. The van der Waals surface area contributed by atoms with Crippen LogP contribution in [-0.2, 0) is 14.4 Å². The highest BCUT2D eigenvalue weighted by molar-refractivity contribution is 6.48. The Hall–Kier alpha value is -3.92. The van der Waals surface area contributed by atoms with Crippen LogP contribution in [0.1, 0.15) is 31.3 Å². The smallest absolute Gasteiger partial charge is 0.295 e. The van der Waals surface area contributed by atoms with Gasteiger partial charge in [0.15, 0.2) is 5.82 Å².